The molecule has 3 aromatic rings. The second kappa shape index (κ2) is 5.72. The molecule has 3 N–H and O–H groups in total. The maximum Gasteiger partial charge on any atom is 0.281 e. The fourth-order valence-corrected chi connectivity index (χ4v) is 2.73. The monoisotopic (exact) mass is 296 g/mol. The van der Waals surface area contributed by atoms with Gasteiger partial charge in [-0.25, -0.2) is 0 Å². The summed E-state index contributed by atoms with van der Waals surface area (Å²) in [6.45, 7) is 0. The first-order chi connectivity index (χ1) is 10.2. The summed E-state index contributed by atoms with van der Waals surface area (Å²) < 4.78 is 0.837. The van der Waals surface area contributed by atoms with E-state index in [0.29, 0.717) is 10.5 Å². The van der Waals surface area contributed by atoms with Gasteiger partial charge in [0.05, 0.1) is 5.39 Å². The van der Waals surface area contributed by atoms with Crippen LogP contribution in [0.2, 0.25) is 0 Å². The van der Waals surface area contributed by atoms with E-state index in [1.165, 1.54) is 11.3 Å². The van der Waals surface area contributed by atoms with Crippen LogP contribution in [0, 0.1) is 0 Å². The highest BCUT2D eigenvalue weighted by molar-refractivity contribution is 7.21. The number of aliphatic imine (C=N–C) groups is 1. The molecule has 0 saturated carbocycles. The van der Waals surface area contributed by atoms with E-state index in [1.54, 1.807) is 6.07 Å². The third kappa shape index (κ3) is 3.06. The fourth-order valence-electron chi connectivity index (χ4n) is 1.85. The molecule has 0 fully saturated rings. The van der Waals surface area contributed by atoms with Crippen LogP contribution in [0.1, 0.15) is 0 Å². The molecule has 0 unspecified atom stereocenters. The quantitative estimate of drug-likeness (QED) is 0.563. The van der Waals surface area contributed by atoms with E-state index in [9.17, 15) is 4.79 Å². The Hall–Kier alpha value is -2.73. The number of nitrogens with one attached hydrogen (secondary N) is 1. The van der Waals surface area contributed by atoms with Crippen molar-refractivity contribution in [1.29, 1.82) is 0 Å². The lowest BCUT2D eigenvalue weighted by molar-refractivity contribution is 1.27. The second-order valence-electron chi connectivity index (χ2n) is 4.29. The number of anilines is 1. The normalized spacial score (nSPS) is 11.5. The van der Waals surface area contributed by atoms with Crippen LogP contribution in [0.25, 0.3) is 10.1 Å². The van der Waals surface area contributed by atoms with Gasteiger partial charge < -0.3 is 11.1 Å². The van der Waals surface area contributed by atoms with E-state index in [4.69, 9.17) is 5.73 Å². The Morgan fingerprint density at radius 1 is 1.10 bits per heavy atom. The zero-order chi connectivity index (χ0) is 14.7. The highest BCUT2D eigenvalue weighted by Crippen LogP contribution is 2.22. The van der Waals surface area contributed by atoms with Crippen molar-refractivity contribution in [3.05, 3.63) is 65.0 Å². The Kier molecular flexibility index (Phi) is 3.61. The summed E-state index contributed by atoms with van der Waals surface area (Å²) in [5.41, 5.74) is 6.37. The van der Waals surface area contributed by atoms with Crippen molar-refractivity contribution in [3.63, 3.8) is 0 Å². The number of benzene rings is 2. The summed E-state index contributed by atoms with van der Waals surface area (Å²) in [6, 6.07) is 16.7. The molecule has 6 heteroatoms. The Bertz CT molecular complexity index is 858. The summed E-state index contributed by atoms with van der Waals surface area (Å²) in [7, 11) is 0. The molecule has 0 spiro atoms. The van der Waals surface area contributed by atoms with Crippen LogP contribution in [0.15, 0.2) is 64.4 Å². The zero-order valence-corrected chi connectivity index (χ0v) is 11.8. The number of guanidine groups is 1. The number of nitrogens with two attached hydrogens (primary N) is 1. The number of aromatic nitrogens is 1. The van der Waals surface area contributed by atoms with Crippen molar-refractivity contribution in [2.75, 3.05) is 5.32 Å². The maximum atomic E-state index is 11.9. The lowest BCUT2D eigenvalue weighted by atomic mass is 10.3. The van der Waals surface area contributed by atoms with Crippen molar-refractivity contribution in [1.82, 2.24) is 4.98 Å². The Morgan fingerprint density at radius 3 is 2.62 bits per heavy atom. The lowest BCUT2D eigenvalue weighted by Crippen LogP contribution is -2.22. The van der Waals surface area contributed by atoms with E-state index < -0.39 is 0 Å². The van der Waals surface area contributed by atoms with Gasteiger partial charge in [-0.05, 0) is 24.3 Å². The standard InChI is InChI=1S/C15H12N4OS/c16-14(17-10-6-2-1-3-7-10)19-15-18-13(20)11-8-4-5-9-12(11)21-15/h1-9H,(H3,16,17,18,19,20). The van der Waals surface area contributed by atoms with Crippen LogP contribution >= 0.6 is 11.3 Å². The summed E-state index contributed by atoms with van der Waals surface area (Å²) in [4.78, 5) is 20.0. The maximum absolute atomic E-state index is 11.9. The van der Waals surface area contributed by atoms with E-state index in [-0.39, 0.29) is 11.5 Å². The van der Waals surface area contributed by atoms with Gasteiger partial charge in [-0.1, -0.05) is 41.7 Å². The molecule has 2 aromatic carbocycles. The molecule has 5 nitrogen and oxygen atoms in total. The first kappa shape index (κ1) is 13.3. The van der Waals surface area contributed by atoms with Crippen LogP contribution in [-0.2, 0) is 0 Å². The number of hydrogen-bond donors (Lipinski definition) is 2. The molecular formula is C15H12N4OS. The first-order valence-electron chi connectivity index (χ1n) is 6.28. The molecule has 0 saturated heterocycles. The predicted octanol–water partition coefficient (Wildman–Crippen LogP) is 2.71. The van der Waals surface area contributed by atoms with Crippen LogP contribution in [-0.4, -0.2) is 10.9 Å². The van der Waals surface area contributed by atoms with Gasteiger partial charge in [-0.2, -0.15) is 9.98 Å². The lowest BCUT2D eigenvalue weighted by Gasteiger charge is -2.04. The van der Waals surface area contributed by atoms with Gasteiger partial charge >= 0.3 is 0 Å². The molecule has 0 aliphatic heterocycles. The fraction of sp³-hybridized carbons (Fsp3) is 0. The van der Waals surface area contributed by atoms with Gasteiger partial charge in [0.1, 0.15) is 0 Å². The number of rotatable bonds is 2. The van der Waals surface area contributed by atoms with Crippen molar-refractivity contribution in [2.24, 2.45) is 10.7 Å². The van der Waals surface area contributed by atoms with Crippen LogP contribution in [0.4, 0.5) is 10.8 Å². The number of nitrogens with zero attached hydrogens (tertiary/aromatic N) is 2. The molecule has 1 aromatic heterocycles. The molecule has 0 radical (unpaired) electrons. The third-order valence-corrected chi connectivity index (χ3v) is 3.72. The minimum Gasteiger partial charge on any atom is -0.369 e. The first-order valence-corrected chi connectivity index (χ1v) is 7.10. The smallest absolute Gasteiger partial charge is 0.281 e. The molecule has 0 aliphatic rings. The summed E-state index contributed by atoms with van der Waals surface area (Å²) in [6.07, 6.45) is 0. The summed E-state index contributed by atoms with van der Waals surface area (Å²) >= 11 is 1.32. The number of hydrogen-bond acceptors (Lipinski definition) is 4. The van der Waals surface area contributed by atoms with Gasteiger partial charge in [-0.3, -0.25) is 4.79 Å². The average molecular weight is 296 g/mol. The molecule has 0 atom stereocenters. The third-order valence-electron chi connectivity index (χ3n) is 2.78. The topological polar surface area (TPSA) is 80.4 Å². The second-order valence-corrected chi connectivity index (χ2v) is 5.29. The highest BCUT2D eigenvalue weighted by atomic mass is 32.1. The molecule has 3 rings (SSSR count). The zero-order valence-electron chi connectivity index (χ0n) is 11.0. The Labute approximate surface area is 124 Å². The summed E-state index contributed by atoms with van der Waals surface area (Å²) in [5.74, 6) is 0.194. The number of para-hydroxylation sites is 1. The van der Waals surface area contributed by atoms with Crippen LogP contribution in [0.5, 0.6) is 0 Å². The molecule has 0 bridgehead atoms. The largest absolute Gasteiger partial charge is 0.369 e. The molecular weight excluding hydrogens is 284 g/mol. The Balaban J connectivity index is 1.93. The van der Waals surface area contributed by atoms with Gasteiger partial charge in [-0.15, -0.1) is 0 Å². The summed E-state index contributed by atoms with van der Waals surface area (Å²) in [5, 5.41) is 3.88. The van der Waals surface area contributed by atoms with Crippen molar-refractivity contribution in [2.45, 2.75) is 0 Å². The van der Waals surface area contributed by atoms with Crippen LogP contribution < -0.4 is 16.6 Å². The molecule has 21 heavy (non-hydrogen) atoms. The molecule has 1 heterocycles. The predicted molar refractivity (Wildman–Crippen MR) is 87.2 cm³/mol. The van der Waals surface area contributed by atoms with E-state index in [0.717, 1.165) is 10.4 Å². The van der Waals surface area contributed by atoms with E-state index in [2.05, 4.69) is 15.3 Å². The molecule has 0 aliphatic carbocycles. The van der Waals surface area contributed by atoms with E-state index in [1.807, 2.05) is 48.5 Å². The van der Waals surface area contributed by atoms with Crippen molar-refractivity contribution < 1.29 is 0 Å². The Morgan fingerprint density at radius 2 is 1.81 bits per heavy atom. The molecule has 0 amide bonds. The van der Waals surface area contributed by atoms with Crippen LogP contribution in [0.3, 0.4) is 0 Å². The minimum atomic E-state index is -0.296. The molecule has 104 valence electrons. The average Bonchev–Trinajstić information content (AvgIpc) is 2.48. The van der Waals surface area contributed by atoms with Gasteiger partial charge in [0.2, 0.25) is 11.1 Å². The SMILES string of the molecule is NC(=Nc1nc(=O)c2ccccc2s1)Nc1ccccc1. The van der Waals surface area contributed by atoms with Crippen molar-refractivity contribution in [3.8, 4) is 0 Å². The van der Waals surface area contributed by atoms with Gasteiger partial charge in [0.25, 0.3) is 5.56 Å². The minimum absolute atomic E-state index is 0.194. The highest BCUT2D eigenvalue weighted by Gasteiger charge is 2.04. The number of fused-ring (bicyclic) bond motifs is 1. The van der Waals surface area contributed by atoms with E-state index >= 15 is 0 Å². The van der Waals surface area contributed by atoms with Gasteiger partial charge in [0.15, 0.2) is 0 Å². The van der Waals surface area contributed by atoms with Crippen molar-refractivity contribution >= 4 is 38.2 Å². The van der Waals surface area contributed by atoms with Gasteiger partial charge in [0, 0.05) is 10.4 Å².